The fraction of sp³-hybridized carbons (Fsp3) is 0.588. The summed E-state index contributed by atoms with van der Waals surface area (Å²) in [6.07, 6.45) is 2.61. The number of hydrogen-bond acceptors (Lipinski definition) is 3. The van der Waals surface area contributed by atoms with Crippen LogP contribution in [-0.4, -0.2) is 32.1 Å². The van der Waals surface area contributed by atoms with Crippen molar-refractivity contribution in [2.45, 2.75) is 32.6 Å². The molecule has 0 saturated heterocycles. The summed E-state index contributed by atoms with van der Waals surface area (Å²) in [5, 5.41) is 6.05. The van der Waals surface area contributed by atoms with Crippen LogP contribution in [0, 0.1) is 5.92 Å². The topological polar surface area (TPSA) is 50.4 Å². The van der Waals surface area contributed by atoms with Crippen molar-refractivity contribution in [3.05, 3.63) is 29.8 Å². The van der Waals surface area contributed by atoms with Gasteiger partial charge in [0, 0.05) is 0 Å². The Labute approximate surface area is 139 Å². The lowest BCUT2D eigenvalue weighted by molar-refractivity contribution is -0.120. The number of carbonyl (C=O) groups excluding carboxylic acids is 1. The van der Waals surface area contributed by atoms with Crippen LogP contribution in [0.25, 0.3) is 0 Å². The first kappa shape index (κ1) is 18.8. The van der Waals surface area contributed by atoms with Gasteiger partial charge in [0.15, 0.2) is 0 Å². The molecule has 0 bridgehead atoms. The monoisotopic (exact) mass is 326 g/mol. The van der Waals surface area contributed by atoms with Crippen LogP contribution in [0.3, 0.4) is 0 Å². The van der Waals surface area contributed by atoms with E-state index < -0.39 is 0 Å². The third-order valence-electron chi connectivity index (χ3n) is 3.64. The number of benzene rings is 1. The highest BCUT2D eigenvalue weighted by Gasteiger charge is 2.20. The second-order valence-corrected chi connectivity index (χ2v) is 5.97. The Bertz CT molecular complexity index is 462. The summed E-state index contributed by atoms with van der Waals surface area (Å²) >= 11 is 0. The number of amides is 1. The van der Waals surface area contributed by atoms with Crippen molar-refractivity contribution in [3.63, 3.8) is 0 Å². The van der Waals surface area contributed by atoms with Gasteiger partial charge in [0.1, 0.15) is 12.4 Å². The Morgan fingerprint density at radius 2 is 2.05 bits per heavy atom. The van der Waals surface area contributed by atoms with Crippen molar-refractivity contribution in [2.24, 2.45) is 5.92 Å². The summed E-state index contributed by atoms with van der Waals surface area (Å²) in [5.74, 6) is 2.18. The van der Waals surface area contributed by atoms with Crippen LogP contribution >= 0.6 is 12.4 Å². The normalized spacial score (nSPS) is 13.6. The van der Waals surface area contributed by atoms with Gasteiger partial charge in [-0.25, -0.2) is 0 Å². The number of hydrogen-bond donors (Lipinski definition) is 2. The van der Waals surface area contributed by atoms with Gasteiger partial charge >= 0.3 is 0 Å². The Morgan fingerprint density at radius 3 is 2.73 bits per heavy atom. The summed E-state index contributed by atoms with van der Waals surface area (Å²) in [7, 11) is 0. The number of carbonyl (C=O) groups is 1. The molecule has 4 nitrogen and oxygen atoms in total. The lowest BCUT2D eigenvalue weighted by Crippen LogP contribution is -2.36. The predicted molar refractivity (Wildman–Crippen MR) is 91.9 cm³/mol. The highest BCUT2D eigenvalue weighted by molar-refractivity contribution is 5.85. The largest absolute Gasteiger partial charge is 0.491 e. The molecular weight excluding hydrogens is 300 g/mol. The number of para-hydroxylation sites is 1. The molecular formula is C17H27ClN2O2. The van der Waals surface area contributed by atoms with Gasteiger partial charge in [-0.1, -0.05) is 32.0 Å². The van der Waals surface area contributed by atoms with E-state index in [0.29, 0.717) is 25.6 Å². The molecule has 1 amide bonds. The average Bonchev–Trinajstić information content (AvgIpc) is 3.28. The van der Waals surface area contributed by atoms with Gasteiger partial charge in [-0.2, -0.15) is 0 Å². The van der Waals surface area contributed by atoms with Gasteiger partial charge in [0.25, 0.3) is 0 Å². The minimum Gasteiger partial charge on any atom is -0.491 e. The minimum atomic E-state index is 0. The Morgan fingerprint density at radius 1 is 1.32 bits per heavy atom. The van der Waals surface area contributed by atoms with E-state index >= 15 is 0 Å². The number of halogens is 1. The first-order valence-corrected chi connectivity index (χ1v) is 7.86. The fourth-order valence-corrected chi connectivity index (χ4v) is 2.21. The second-order valence-electron chi connectivity index (χ2n) is 5.97. The molecule has 1 saturated carbocycles. The van der Waals surface area contributed by atoms with Crippen LogP contribution in [0.1, 0.15) is 38.2 Å². The lowest BCUT2D eigenvalue weighted by Gasteiger charge is -2.14. The van der Waals surface area contributed by atoms with Gasteiger partial charge in [0.05, 0.1) is 13.1 Å². The number of ether oxygens (including phenoxy) is 1. The molecule has 0 heterocycles. The van der Waals surface area contributed by atoms with Crippen molar-refractivity contribution < 1.29 is 9.53 Å². The maximum absolute atomic E-state index is 11.6. The zero-order valence-corrected chi connectivity index (χ0v) is 14.2. The summed E-state index contributed by atoms with van der Waals surface area (Å²) in [5.41, 5.74) is 1.20. The predicted octanol–water partition coefficient (Wildman–Crippen LogP) is 2.73. The molecule has 0 atom stereocenters. The lowest BCUT2D eigenvalue weighted by atomic mass is 10.0. The van der Waals surface area contributed by atoms with Crippen LogP contribution in [0.2, 0.25) is 0 Å². The maximum atomic E-state index is 11.6. The van der Waals surface area contributed by atoms with Gasteiger partial charge < -0.3 is 15.4 Å². The van der Waals surface area contributed by atoms with E-state index in [-0.39, 0.29) is 18.3 Å². The average molecular weight is 327 g/mol. The molecule has 2 N–H and O–H groups in total. The Hall–Kier alpha value is -1.26. The molecule has 1 aromatic rings. The van der Waals surface area contributed by atoms with Crippen molar-refractivity contribution in [1.82, 2.24) is 10.6 Å². The van der Waals surface area contributed by atoms with E-state index in [2.05, 4.69) is 30.5 Å². The molecule has 0 aliphatic heterocycles. The molecule has 1 fully saturated rings. The number of nitrogens with one attached hydrogen (secondary N) is 2. The molecule has 0 spiro atoms. The second kappa shape index (κ2) is 9.70. The van der Waals surface area contributed by atoms with Crippen LogP contribution in [0.4, 0.5) is 0 Å². The minimum absolute atomic E-state index is 0. The van der Waals surface area contributed by atoms with Gasteiger partial charge in [-0.05, 0) is 42.9 Å². The van der Waals surface area contributed by atoms with Crippen LogP contribution in [0.15, 0.2) is 24.3 Å². The van der Waals surface area contributed by atoms with E-state index in [9.17, 15) is 4.79 Å². The molecule has 5 heteroatoms. The van der Waals surface area contributed by atoms with Gasteiger partial charge in [-0.3, -0.25) is 4.79 Å². The van der Waals surface area contributed by atoms with Gasteiger partial charge in [0.2, 0.25) is 5.91 Å². The Balaban J connectivity index is 0.00000242. The SMILES string of the molecule is CC(C)c1ccccc1OCCNC(=O)CNCC1CC1.Cl. The fourth-order valence-electron chi connectivity index (χ4n) is 2.21. The van der Waals surface area contributed by atoms with Crippen molar-refractivity contribution >= 4 is 18.3 Å². The quantitative estimate of drug-likeness (QED) is 0.686. The Kier molecular flexibility index (Phi) is 8.28. The molecule has 0 unspecified atom stereocenters. The molecule has 1 aromatic carbocycles. The van der Waals surface area contributed by atoms with Crippen LogP contribution in [-0.2, 0) is 4.79 Å². The third kappa shape index (κ3) is 6.67. The van der Waals surface area contributed by atoms with Crippen molar-refractivity contribution in [1.29, 1.82) is 0 Å². The zero-order chi connectivity index (χ0) is 15.1. The molecule has 22 heavy (non-hydrogen) atoms. The van der Waals surface area contributed by atoms with Crippen molar-refractivity contribution in [3.8, 4) is 5.75 Å². The third-order valence-corrected chi connectivity index (χ3v) is 3.64. The first-order valence-electron chi connectivity index (χ1n) is 7.86. The smallest absolute Gasteiger partial charge is 0.234 e. The summed E-state index contributed by atoms with van der Waals surface area (Å²) in [6, 6.07) is 8.06. The molecule has 2 rings (SSSR count). The van der Waals surface area contributed by atoms with Crippen molar-refractivity contribution in [2.75, 3.05) is 26.2 Å². The molecule has 124 valence electrons. The maximum Gasteiger partial charge on any atom is 0.234 e. The van der Waals surface area contributed by atoms with E-state index in [4.69, 9.17) is 4.74 Å². The van der Waals surface area contributed by atoms with Crippen LogP contribution < -0.4 is 15.4 Å². The molecule has 1 aliphatic carbocycles. The summed E-state index contributed by atoms with van der Waals surface area (Å²) < 4.78 is 5.77. The van der Waals surface area contributed by atoms with E-state index in [0.717, 1.165) is 18.2 Å². The van der Waals surface area contributed by atoms with Crippen LogP contribution in [0.5, 0.6) is 5.75 Å². The van der Waals surface area contributed by atoms with Gasteiger partial charge in [-0.15, -0.1) is 12.4 Å². The standard InChI is InChI=1S/C17H26N2O2.ClH/c1-13(2)15-5-3-4-6-16(15)21-10-9-19-17(20)12-18-11-14-7-8-14;/h3-6,13-14,18H,7-12H2,1-2H3,(H,19,20);1H. The molecule has 0 aromatic heterocycles. The summed E-state index contributed by atoms with van der Waals surface area (Å²) in [4.78, 5) is 11.6. The van der Waals surface area contributed by atoms with E-state index in [1.54, 1.807) is 0 Å². The van der Waals surface area contributed by atoms with E-state index in [1.165, 1.54) is 18.4 Å². The highest BCUT2D eigenvalue weighted by Crippen LogP contribution is 2.27. The molecule has 1 aliphatic rings. The molecule has 0 radical (unpaired) electrons. The highest BCUT2D eigenvalue weighted by atomic mass is 35.5. The zero-order valence-electron chi connectivity index (χ0n) is 13.4. The number of rotatable bonds is 9. The summed E-state index contributed by atoms with van der Waals surface area (Å²) in [6.45, 7) is 6.70. The first-order chi connectivity index (χ1) is 10.2. The van der Waals surface area contributed by atoms with E-state index in [1.807, 2.05) is 18.2 Å².